The molecule has 1 fully saturated rings. The molecular formula is C21H23F3N4O. The zero-order valence-electron chi connectivity index (χ0n) is 16.6. The Labute approximate surface area is 167 Å². The Kier molecular flexibility index (Phi) is 5.44. The summed E-state index contributed by atoms with van der Waals surface area (Å²) in [6, 6.07) is 9.04. The van der Waals surface area contributed by atoms with Gasteiger partial charge < -0.3 is 5.32 Å². The third-order valence-electron chi connectivity index (χ3n) is 5.51. The van der Waals surface area contributed by atoms with Crippen molar-refractivity contribution in [3.8, 4) is 17.3 Å². The summed E-state index contributed by atoms with van der Waals surface area (Å²) in [4.78, 5) is 12.4. The molecular weight excluding hydrogens is 381 g/mol. The van der Waals surface area contributed by atoms with Crippen LogP contribution in [-0.4, -0.2) is 21.9 Å². The molecule has 0 spiro atoms. The van der Waals surface area contributed by atoms with Crippen molar-refractivity contribution in [2.75, 3.05) is 5.32 Å². The van der Waals surface area contributed by atoms with Gasteiger partial charge >= 0.3 is 6.18 Å². The van der Waals surface area contributed by atoms with Crippen LogP contribution in [0.2, 0.25) is 0 Å². The summed E-state index contributed by atoms with van der Waals surface area (Å²) in [5.41, 5.74) is 0.742. The number of nitriles is 1. The maximum Gasteiger partial charge on any atom is 0.394 e. The zero-order chi connectivity index (χ0) is 21.4. The summed E-state index contributed by atoms with van der Waals surface area (Å²) >= 11 is 0. The molecule has 0 saturated heterocycles. The molecule has 1 N–H and O–H groups in total. The van der Waals surface area contributed by atoms with Crippen molar-refractivity contribution in [1.29, 1.82) is 5.26 Å². The van der Waals surface area contributed by atoms with Gasteiger partial charge in [0.1, 0.15) is 5.82 Å². The quantitative estimate of drug-likeness (QED) is 0.750. The number of aromatic nitrogens is 2. The third-order valence-corrected chi connectivity index (χ3v) is 5.51. The van der Waals surface area contributed by atoms with Gasteiger partial charge in [-0.2, -0.15) is 23.5 Å². The van der Waals surface area contributed by atoms with E-state index in [-0.39, 0.29) is 5.92 Å². The van der Waals surface area contributed by atoms with Crippen LogP contribution in [0.3, 0.4) is 0 Å². The van der Waals surface area contributed by atoms with Crippen LogP contribution >= 0.6 is 0 Å². The summed E-state index contributed by atoms with van der Waals surface area (Å²) in [6.45, 7) is 2.04. The first-order valence-corrected chi connectivity index (χ1v) is 9.47. The van der Waals surface area contributed by atoms with E-state index in [0.29, 0.717) is 17.1 Å². The van der Waals surface area contributed by atoms with Crippen LogP contribution in [-0.2, 0) is 11.8 Å². The predicted octanol–water partition coefficient (Wildman–Crippen LogP) is 5.14. The van der Waals surface area contributed by atoms with Gasteiger partial charge in [-0.05, 0) is 30.9 Å². The zero-order valence-corrected chi connectivity index (χ0v) is 16.6. The van der Waals surface area contributed by atoms with E-state index in [4.69, 9.17) is 5.26 Å². The molecule has 1 aromatic heterocycles. The van der Waals surface area contributed by atoms with E-state index in [2.05, 4.69) is 16.5 Å². The van der Waals surface area contributed by atoms with Crippen molar-refractivity contribution in [3.05, 3.63) is 35.4 Å². The minimum absolute atomic E-state index is 0.195. The molecule has 0 unspecified atom stereocenters. The number of carbonyl (C=O) groups is 1. The highest BCUT2D eigenvalue weighted by Gasteiger charge is 2.48. The molecule has 1 aliphatic rings. The van der Waals surface area contributed by atoms with Gasteiger partial charge in [-0.25, -0.2) is 0 Å². The van der Waals surface area contributed by atoms with E-state index >= 15 is 0 Å². The normalized spacial score (nSPS) is 14.9. The number of amides is 1. The van der Waals surface area contributed by atoms with Crippen LogP contribution in [0.25, 0.3) is 11.3 Å². The molecule has 1 aromatic carbocycles. The molecule has 0 radical (unpaired) electrons. The predicted molar refractivity (Wildman–Crippen MR) is 103 cm³/mol. The summed E-state index contributed by atoms with van der Waals surface area (Å²) in [5, 5.41) is 16.2. The highest BCUT2D eigenvalue weighted by atomic mass is 19.4. The Hall–Kier alpha value is -2.82. The van der Waals surface area contributed by atoms with Crippen LogP contribution in [0, 0.1) is 16.7 Å². The molecule has 5 nitrogen and oxygen atoms in total. The van der Waals surface area contributed by atoms with Gasteiger partial charge in [-0.1, -0.05) is 32.4 Å². The summed E-state index contributed by atoms with van der Waals surface area (Å²) in [5.74, 6) is -0.0559. The number of rotatable bonds is 5. The SMILES string of the molecule is Cn1nc(-c2ccc(C#N)cc2)c(C2CCC2)c1NC(=O)CC(C)(C)C(F)(F)F. The summed E-state index contributed by atoms with van der Waals surface area (Å²) in [7, 11) is 1.67. The molecule has 0 atom stereocenters. The van der Waals surface area contributed by atoms with E-state index in [1.807, 2.05) is 0 Å². The minimum atomic E-state index is -4.47. The number of carbonyl (C=O) groups excluding carboxylic acids is 1. The third kappa shape index (κ3) is 4.14. The van der Waals surface area contributed by atoms with Crippen LogP contribution < -0.4 is 5.32 Å². The lowest BCUT2D eigenvalue weighted by atomic mass is 9.78. The van der Waals surface area contributed by atoms with E-state index in [1.54, 1.807) is 31.3 Å². The second-order valence-electron chi connectivity index (χ2n) is 8.16. The van der Waals surface area contributed by atoms with Crippen molar-refractivity contribution in [2.24, 2.45) is 12.5 Å². The first-order valence-electron chi connectivity index (χ1n) is 9.47. The maximum atomic E-state index is 13.1. The molecule has 1 aliphatic carbocycles. The molecule has 29 heavy (non-hydrogen) atoms. The lowest BCUT2D eigenvalue weighted by Crippen LogP contribution is -2.36. The number of benzene rings is 1. The molecule has 3 rings (SSSR count). The Morgan fingerprint density at radius 3 is 2.38 bits per heavy atom. The lowest BCUT2D eigenvalue weighted by Gasteiger charge is -2.28. The summed E-state index contributed by atoms with van der Waals surface area (Å²) < 4.78 is 41.0. The summed E-state index contributed by atoms with van der Waals surface area (Å²) in [6.07, 6.45) is -2.21. The van der Waals surface area contributed by atoms with Crippen LogP contribution in [0.15, 0.2) is 24.3 Å². The number of nitrogens with one attached hydrogen (secondary N) is 1. The Balaban J connectivity index is 1.94. The first kappa shape index (κ1) is 20.9. The van der Waals surface area contributed by atoms with Crippen LogP contribution in [0.1, 0.15) is 56.6 Å². The molecule has 0 aliphatic heterocycles. The average Bonchev–Trinajstić information content (AvgIpc) is 2.89. The lowest BCUT2D eigenvalue weighted by molar-refractivity contribution is -0.213. The number of hydrogen-bond donors (Lipinski definition) is 1. The van der Waals surface area contributed by atoms with Crippen LogP contribution in [0.4, 0.5) is 19.0 Å². The molecule has 1 saturated carbocycles. The Bertz CT molecular complexity index is 948. The Morgan fingerprint density at radius 1 is 1.28 bits per heavy atom. The van der Waals surface area contributed by atoms with E-state index in [1.165, 1.54) is 4.68 Å². The fourth-order valence-corrected chi connectivity index (χ4v) is 3.37. The largest absolute Gasteiger partial charge is 0.394 e. The Morgan fingerprint density at radius 2 is 1.90 bits per heavy atom. The van der Waals surface area contributed by atoms with Crippen molar-refractivity contribution in [1.82, 2.24) is 9.78 Å². The molecule has 2 aromatic rings. The number of alkyl halides is 3. The van der Waals surface area contributed by atoms with E-state index < -0.39 is 23.9 Å². The average molecular weight is 404 g/mol. The van der Waals surface area contributed by atoms with Gasteiger partial charge in [-0.15, -0.1) is 0 Å². The fourth-order valence-electron chi connectivity index (χ4n) is 3.37. The highest BCUT2D eigenvalue weighted by Crippen LogP contribution is 2.45. The molecule has 1 heterocycles. The van der Waals surface area contributed by atoms with Crippen molar-refractivity contribution in [2.45, 2.75) is 51.6 Å². The van der Waals surface area contributed by atoms with Gasteiger partial charge in [0.05, 0.1) is 22.7 Å². The van der Waals surface area contributed by atoms with E-state index in [0.717, 1.165) is 44.2 Å². The van der Waals surface area contributed by atoms with Gasteiger partial charge in [0.25, 0.3) is 0 Å². The number of halogens is 3. The molecule has 0 bridgehead atoms. The van der Waals surface area contributed by atoms with Crippen molar-refractivity contribution >= 4 is 11.7 Å². The first-order chi connectivity index (χ1) is 13.5. The number of anilines is 1. The fraction of sp³-hybridized carbons (Fsp3) is 0.476. The second-order valence-corrected chi connectivity index (χ2v) is 8.16. The minimum Gasteiger partial charge on any atom is -0.311 e. The van der Waals surface area contributed by atoms with Crippen molar-refractivity contribution in [3.63, 3.8) is 0 Å². The number of nitrogens with zero attached hydrogens (tertiary/aromatic N) is 3. The number of hydrogen-bond acceptors (Lipinski definition) is 3. The standard InChI is InChI=1S/C21H23F3N4O/c1-20(2,21(22,23)24)11-16(29)26-19-17(14-5-4-6-14)18(27-28(19)3)15-9-7-13(12-25)8-10-15/h7-10,14H,4-6,11H2,1-3H3,(H,26,29). The highest BCUT2D eigenvalue weighted by molar-refractivity contribution is 5.92. The molecule has 1 amide bonds. The van der Waals surface area contributed by atoms with Crippen LogP contribution in [0.5, 0.6) is 0 Å². The smallest absolute Gasteiger partial charge is 0.311 e. The monoisotopic (exact) mass is 404 g/mol. The topological polar surface area (TPSA) is 70.7 Å². The van der Waals surface area contributed by atoms with Gasteiger partial charge in [-0.3, -0.25) is 9.48 Å². The maximum absolute atomic E-state index is 13.1. The molecule has 154 valence electrons. The molecule has 8 heteroatoms. The van der Waals surface area contributed by atoms with Crippen molar-refractivity contribution < 1.29 is 18.0 Å². The van der Waals surface area contributed by atoms with Gasteiger partial charge in [0.15, 0.2) is 0 Å². The van der Waals surface area contributed by atoms with Gasteiger partial charge in [0.2, 0.25) is 5.91 Å². The van der Waals surface area contributed by atoms with E-state index in [9.17, 15) is 18.0 Å². The number of aryl methyl sites for hydroxylation is 1. The van der Waals surface area contributed by atoms with Gasteiger partial charge in [0, 0.05) is 24.6 Å². The second kappa shape index (κ2) is 7.54.